The van der Waals surface area contributed by atoms with Gasteiger partial charge >= 0.3 is 0 Å². The molecule has 2 aromatic carbocycles. The van der Waals surface area contributed by atoms with E-state index in [0.717, 1.165) is 22.4 Å². The number of rotatable bonds is 1. The molecule has 0 radical (unpaired) electrons. The molecule has 0 unspecified atom stereocenters. The highest BCUT2D eigenvalue weighted by Crippen LogP contribution is 2.18. The zero-order valence-electron chi connectivity index (χ0n) is 10.9. The van der Waals surface area contributed by atoms with Crippen molar-refractivity contribution in [2.24, 2.45) is 0 Å². The summed E-state index contributed by atoms with van der Waals surface area (Å²) < 4.78 is 1.68. The van der Waals surface area contributed by atoms with E-state index in [2.05, 4.69) is 4.98 Å². The molecular weight excluding hydrogens is 236 g/mol. The molecule has 3 nitrogen and oxygen atoms in total. The standard InChI is InChI=1S/C16H14N2O/c1-11-7-3-4-8-13(11)16(19)18-12(2)17-14-9-5-6-10-15(14)18/h3-10H,1-2H3. The van der Waals surface area contributed by atoms with Crippen molar-refractivity contribution >= 4 is 16.9 Å². The van der Waals surface area contributed by atoms with Gasteiger partial charge in [-0.25, -0.2) is 4.98 Å². The van der Waals surface area contributed by atoms with Gasteiger partial charge in [0.25, 0.3) is 5.91 Å². The van der Waals surface area contributed by atoms with Crippen molar-refractivity contribution in [2.75, 3.05) is 0 Å². The molecule has 0 fully saturated rings. The van der Waals surface area contributed by atoms with Gasteiger partial charge in [-0.15, -0.1) is 0 Å². The second-order valence-corrected chi connectivity index (χ2v) is 4.60. The number of hydrogen-bond acceptors (Lipinski definition) is 2. The van der Waals surface area contributed by atoms with Gasteiger partial charge in [0, 0.05) is 5.56 Å². The largest absolute Gasteiger partial charge is 0.268 e. The lowest BCUT2D eigenvalue weighted by atomic mass is 10.1. The van der Waals surface area contributed by atoms with Gasteiger partial charge in [0.2, 0.25) is 0 Å². The summed E-state index contributed by atoms with van der Waals surface area (Å²) in [5.74, 6) is 0.693. The Balaban J connectivity index is 2.23. The normalized spacial score (nSPS) is 10.8. The molecule has 3 heteroatoms. The van der Waals surface area contributed by atoms with E-state index in [1.54, 1.807) is 4.57 Å². The average molecular weight is 250 g/mol. The molecule has 1 aromatic heterocycles. The molecule has 0 bridgehead atoms. The summed E-state index contributed by atoms with van der Waals surface area (Å²) in [5.41, 5.74) is 3.40. The number of aromatic nitrogens is 2. The van der Waals surface area contributed by atoms with Gasteiger partial charge in [0.15, 0.2) is 0 Å². The van der Waals surface area contributed by atoms with E-state index in [4.69, 9.17) is 0 Å². The number of hydrogen-bond donors (Lipinski definition) is 0. The number of para-hydroxylation sites is 2. The molecule has 0 saturated carbocycles. The molecule has 19 heavy (non-hydrogen) atoms. The van der Waals surface area contributed by atoms with Gasteiger partial charge < -0.3 is 0 Å². The zero-order valence-corrected chi connectivity index (χ0v) is 10.9. The van der Waals surface area contributed by atoms with Crippen LogP contribution in [0.4, 0.5) is 0 Å². The second-order valence-electron chi connectivity index (χ2n) is 4.60. The highest BCUT2D eigenvalue weighted by molar-refractivity contribution is 6.02. The Labute approximate surface area is 111 Å². The third-order valence-electron chi connectivity index (χ3n) is 3.31. The number of imidazole rings is 1. The maximum atomic E-state index is 12.7. The van der Waals surface area contributed by atoms with Crippen molar-refractivity contribution in [1.82, 2.24) is 9.55 Å². The molecule has 0 atom stereocenters. The maximum Gasteiger partial charge on any atom is 0.264 e. The zero-order chi connectivity index (χ0) is 13.4. The molecule has 0 spiro atoms. The van der Waals surface area contributed by atoms with Crippen LogP contribution in [0.25, 0.3) is 11.0 Å². The summed E-state index contributed by atoms with van der Waals surface area (Å²) in [6.45, 7) is 3.80. The molecule has 0 saturated heterocycles. The Bertz CT molecular complexity index is 771. The highest BCUT2D eigenvalue weighted by atomic mass is 16.2. The molecule has 0 aliphatic rings. The van der Waals surface area contributed by atoms with Crippen LogP contribution in [0.15, 0.2) is 48.5 Å². The van der Waals surface area contributed by atoms with E-state index >= 15 is 0 Å². The Hall–Kier alpha value is -2.42. The van der Waals surface area contributed by atoms with Gasteiger partial charge in [-0.3, -0.25) is 9.36 Å². The first-order valence-corrected chi connectivity index (χ1v) is 6.23. The monoisotopic (exact) mass is 250 g/mol. The Morgan fingerprint density at radius 2 is 1.68 bits per heavy atom. The molecule has 0 aliphatic heterocycles. The lowest BCUT2D eigenvalue weighted by Crippen LogP contribution is -2.14. The SMILES string of the molecule is Cc1ccccc1C(=O)n1c(C)nc2ccccc21. The van der Waals surface area contributed by atoms with Crippen LogP contribution >= 0.6 is 0 Å². The van der Waals surface area contributed by atoms with Crippen LogP contribution in [0.2, 0.25) is 0 Å². The van der Waals surface area contributed by atoms with Crippen LogP contribution in [0.3, 0.4) is 0 Å². The van der Waals surface area contributed by atoms with Crippen LogP contribution in [-0.4, -0.2) is 15.5 Å². The smallest absolute Gasteiger partial charge is 0.264 e. The summed E-state index contributed by atoms with van der Waals surface area (Å²) in [7, 11) is 0. The molecule has 94 valence electrons. The van der Waals surface area contributed by atoms with E-state index in [1.165, 1.54) is 0 Å². The lowest BCUT2D eigenvalue weighted by Gasteiger charge is -2.07. The summed E-state index contributed by atoms with van der Waals surface area (Å²) in [6, 6.07) is 15.3. The third kappa shape index (κ3) is 1.83. The van der Waals surface area contributed by atoms with Gasteiger partial charge in [0.1, 0.15) is 5.82 Å². The number of nitrogens with zero attached hydrogens (tertiary/aromatic N) is 2. The third-order valence-corrected chi connectivity index (χ3v) is 3.31. The van der Waals surface area contributed by atoms with Crippen molar-refractivity contribution in [3.63, 3.8) is 0 Å². The number of carbonyl (C=O) groups is 1. The van der Waals surface area contributed by atoms with E-state index in [-0.39, 0.29) is 5.91 Å². The quantitative estimate of drug-likeness (QED) is 0.664. The average Bonchev–Trinajstić information content (AvgIpc) is 2.74. The first-order chi connectivity index (χ1) is 9.18. The second kappa shape index (κ2) is 4.35. The molecule has 3 aromatic rings. The van der Waals surface area contributed by atoms with Crippen LogP contribution < -0.4 is 0 Å². The van der Waals surface area contributed by atoms with Gasteiger partial charge in [0.05, 0.1) is 11.0 Å². The van der Waals surface area contributed by atoms with Crippen molar-refractivity contribution in [3.8, 4) is 0 Å². The summed E-state index contributed by atoms with van der Waals surface area (Å²) in [6.07, 6.45) is 0. The number of benzene rings is 2. The molecule has 0 N–H and O–H groups in total. The summed E-state index contributed by atoms with van der Waals surface area (Å²) in [4.78, 5) is 17.1. The molecular formula is C16H14N2O. The van der Waals surface area contributed by atoms with Crippen LogP contribution in [-0.2, 0) is 0 Å². The van der Waals surface area contributed by atoms with Crippen molar-refractivity contribution in [3.05, 3.63) is 65.5 Å². The summed E-state index contributed by atoms with van der Waals surface area (Å²) in [5, 5.41) is 0. The lowest BCUT2D eigenvalue weighted by molar-refractivity contribution is 0.0961. The van der Waals surface area contributed by atoms with Crippen molar-refractivity contribution in [1.29, 1.82) is 0 Å². The van der Waals surface area contributed by atoms with Crippen molar-refractivity contribution in [2.45, 2.75) is 13.8 Å². The van der Waals surface area contributed by atoms with E-state index in [1.807, 2.05) is 62.4 Å². The van der Waals surface area contributed by atoms with E-state index < -0.39 is 0 Å². The minimum Gasteiger partial charge on any atom is -0.268 e. The van der Waals surface area contributed by atoms with Crippen LogP contribution in [0, 0.1) is 13.8 Å². The minimum atomic E-state index is -0.0238. The van der Waals surface area contributed by atoms with Gasteiger partial charge in [-0.2, -0.15) is 0 Å². The van der Waals surface area contributed by atoms with Crippen LogP contribution in [0.1, 0.15) is 21.7 Å². The first-order valence-electron chi connectivity index (χ1n) is 6.23. The Kier molecular flexibility index (Phi) is 2.67. The predicted octanol–water partition coefficient (Wildman–Crippen LogP) is 3.34. The summed E-state index contributed by atoms with van der Waals surface area (Å²) >= 11 is 0. The van der Waals surface area contributed by atoms with Gasteiger partial charge in [-0.1, -0.05) is 30.3 Å². The van der Waals surface area contributed by atoms with Crippen LogP contribution in [0.5, 0.6) is 0 Å². The fourth-order valence-corrected chi connectivity index (χ4v) is 2.34. The predicted molar refractivity (Wildman–Crippen MR) is 75.4 cm³/mol. The number of carbonyl (C=O) groups excluding carboxylic acids is 1. The topological polar surface area (TPSA) is 34.9 Å². The molecule has 0 amide bonds. The Morgan fingerprint density at radius 3 is 2.47 bits per heavy atom. The van der Waals surface area contributed by atoms with E-state index in [9.17, 15) is 4.79 Å². The molecule has 1 heterocycles. The van der Waals surface area contributed by atoms with E-state index in [0.29, 0.717) is 5.56 Å². The fourth-order valence-electron chi connectivity index (χ4n) is 2.34. The number of aryl methyl sites for hydroxylation is 2. The van der Waals surface area contributed by atoms with Crippen molar-refractivity contribution < 1.29 is 4.79 Å². The first kappa shape index (κ1) is 11.7. The highest BCUT2D eigenvalue weighted by Gasteiger charge is 2.16. The maximum absolute atomic E-state index is 12.7. The number of fused-ring (bicyclic) bond motifs is 1. The fraction of sp³-hybridized carbons (Fsp3) is 0.125. The molecule has 3 rings (SSSR count). The van der Waals surface area contributed by atoms with Gasteiger partial charge in [-0.05, 0) is 37.6 Å². The minimum absolute atomic E-state index is 0.0238. The molecule has 0 aliphatic carbocycles. The Morgan fingerprint density at radius 1 is 1.00 bits per heavy atom.